The van der Waals surface area contributed by atoms with Gasteiger partial charge in [0.15, 0.2) is 12.2 Å². The van der Waals surface area contributed by atoms with Crippen molar-refractivity contribution in [2.45, 2.75) is 31.6 Å². The minimum atomic E-state index is -1.01. The zero-order valence-corrected chi connectivity index (χ0v) is 15.5. The van der Waals surface area contributed by atoms with Gasteiger partial charge in [0.25, 0.3) is 11.8 Å². The SMILES string of the molecule is C=CCB1O[C@@H](C(=O)NCc2ccccc2)[C@H](C(=O)NCc2ccccc2)O1. The van der Waals surface area contributed by atoms with E-state index in [0.29, 0.717) is 19.4 Å². The number of nitrogens with one attached hydrogen (secondary N) is 2. The van der Waals surface area contributed by atoms with Crippen LogP contribution in [0.1, 0.15) is 11.1 Å². The summed E-state index contributed by atoms with van der Waals surface area (Å²) in [5, 5.41) is 5.62. The molecule has 6 nitrogen and oxygen atoms in total. The lowest BCUT2D eigenvalue weighted by atomic mass is 9.85. The number of carbonyl (C=O) groups excluding carboxylic acids is 2. The molecule has 0 aliphatic carbocycles. The van der Waals surface area contributed by atoms with Crippen molar-refractivity contribution in [2.75, 3.05) is 0 Å². The fourth-order valence-electron chi connectivity index (χ4n) is 2.92. The molecule has 2 aromatic carbocycles. The molecule has 0 saturated carbocycles. The second-order valence-corrected chi connectivity index (χ2v) is 6.47. The lowest BCUT2D eigenvalue weighted by Gasteiger charge is -2.18. The Morgan fingerprint density at radius 2 is 1.29 bits per heavy atom. The Hall–Kier alpha value is -2.90. The Kier molecular flexibility index (Phi) is 7.00. The third kappa shape index (κ3) is 5.31. The molecular formula is C21H23BN2O4. The van der Waals surface area contributed by atoms with Crippen molar-refractivity contribution in [3.63, 3.8) is 0 Å². The number of amides is 2. The van der Waals surface area contributed by atoms with E-state index in [9.17, 15) is 9.59 Å². The molecule has 0 aromatic heterocycles. The third-order valence-corrected chi connectivity index (χ3v) is 4.37. The van der Waals surface area contributed by atoms with Gasteiger partial charge in [-0.2, -0.15) is 0 Å². The van der Waals surface area contributed by atoms with E-state index in [0.717, 1.165) is 11.1 Å². The maximum Gasteiger partial charge on any atom is 0.462 e. The monoisotopic (exact) mass is 378 g/mol. The fourth-order valence-corrected chi connectivity index (χ4v) is 2.92. The molecule has 0 unspecified atom stereocenters. The first-order valence-electron chi connectivity index (χ1n) is 9.22. The lowest BCUT2D eigenvalue weighted by Crippen LogP contribution is -2.47. The second kappa shape index (κ2) is 9.87. The van der Waals surface area contributed by atoms with Crippen molar-refractivity contribution in [3.8, 4) is 0 Å². The number of hydrogen-bond acceptors (Lipinski definition) is 4. The van der Waals surface area contributed by atoms with Gasteiger partial charge in [-0.3, -0.25) is 9.59 Å². The van der Waals surface area contributed by atoms with Crippen molar-refractivity contribution in [1.29, 1.82) is 0 Å². The standard InChI is InChI=1S/C21H23BN2O4/c1-2-13-22-27-18(20(25)23-14-16-9-5-3-6-10-16)19(28-22)21(26)24-15-17-11-7-4-8-12-17/h2-12,18-19H,1,13-15H2,(H,23,25)(H,24,26)/t18-,19-/m1/s1. The minimum Gasteiger partial charge on any atom is -0.396 e. The number of carbonyl (C=O) groups is 2. The molecule has 28 heavy (non-hydrogen) atoms. The predicted octanol–water partition coefficient (Wildman–Crippen LogP) is 2.08. The van der Waals surface area contributed by atoms with Gasteiger partial charge >= 0.3 is 7.12 Å². The molecule has 0 spiro atoms. The smallest absolute Gasteiger partial charge is 0.396 e. The average Bonchev–Trinajstić information content (AvgIpc) is 3.16. The summed E-state index contributed by atoms with van der Waals surface area (Å²) in [5.41, 5.74) is 1.92. The van der Waals surface area contributed by atoms with E-state index in [2.05, 4.69) is 17.2 Å². The molecule has 2 aromatic rings. The third-order valence-electron chi connectivity index (χ3n) is 4.37. The van der Waals surface area contributed by atoms with Gasteiger partial charge < -0.3 is 19.9 Å². The largest absolute Gasteiger partial charge is 0.462 e. The van der Waals surface area contributed by atoms with Crippen LogP contribution < -0.4 is 10.6 Å². The molecule has 1 saturated heterocycles. The van der Waals surface area contributed by atoms with Crippen molar-refractivity contribution in [2.24, 2.45) is 0 Å². The molecule has 2 N–H and O–H groups in total. The molecule has 2 atom stereocenters. The number of hydrogen-bond donors (Lipinski definition) is 2. The molecule has 0 radical (unpaired) electrons. The predicted molar refractivity (Wildman–Crippen MR) is 107 cm³/mol. The molecule has 1 aliphatic rings. The summed E-state index contributed by atoms with van der Waals surface area (Å²) in [6.45, 7) is 4.36. The summed E-state index contributed by atoms with van der Waals surface area (Å²) >= 11 is 0. The highest BCUT2D eigenvalue weighted by molar-refractivity contribution is 6.46. The summed E-state index contributed by atoms with van der Waals surface area (Å²) in [6, 6.07) is 19.1. The van der Waals surface area contributed by atoms with Crippen molar-refractivity contribution < 1.29 is 18.9 Å². The highest BCUT2D eigenvalue weighted by atomic mass is 16.7. The number of allylic oxidation sites excluding steroid dienone is 1. The van der Waals surface area contributed by atoms with Gasteiger partial charge in [-0.05, 0) is 11.1 Å². The van der Waals surface area contributed by atoms with E-state index in [-0.39, 0.29) is 11.8 Å². The van der Waals surface area contributed by atoms with Crippen LogP contribution >= 0.6 is 0 Å². The van der Waals surface area contributed by atoms with Gasteiger partial charge in [0.2, 0.25) is 0 Å². The molecule has 3 rings (SSSR count). The average molecular weight is 378 g/mol. The molecular weight excluding hydrogens is 355 g/mol. The van der Waals surface area contributed by atoms with Crippen LogP contribution in [0.25, 0.3) is 0 Å². The van der Waals surface area contributed by atoms with E-state index < -0.39 is 19.3 Å². The molecule has 2 amide bonds. The van der Waals surface area contributed by atoms with Gasteiger partial charge in [-0.1, -0.05) is 66.7 Å². The summed E-state index contributed by atoms with van der Waals surface area (Å²) in [5.74, 6) is -0.759. The van der Waals surface area contributed by atoms with Crippen molar-refractivity contribution in [3.05, 3.63) is 84.4 Å². The molecule has 1 fully saturated rings. The highest BCUT2D eigenvalue weighted by Crippen LogP contribution is 2.20. The van der Waals surface area contributed by atoms with E-state index in [1.807, 2.05) is 60.7 Å². The van der Waals surface area contributed by atoms with Crippen LogP contribution in [0.4, 0.5) is 0 Å². The molecule has 0 bridgehead atoms. The molecule has 1 aliphatic heterocycles. The van der Waals surface area contributed by atoms with Crippen LogP contribution in [0, 0.1) is 0 Å². The van der Waals surface area contributed by atoms with Crippen LogP contribution in [0.3, 0.4) is 0 Å². The molecule has 1 heterocycles. The Balaban J connectivity index is 1.61. The maximum absolute atomic E-state index is 12.6. The van der Waals surface area contributed by atoms with Crippen LogP contribution in [-0.4, -0.2) is 31.1 Å². The zero-order valence-electron chi connectivity index (χ0n) is 15.5. The van der Waals surface area contributed by atoms with Crippen LogP contribution in [0.5, 0.6) is 0 Å². The van der Waals surface area contributed by atoms with Gasteiger partial charge in [0, 0.05) is 19.4 Å². The topological polar surface area (TPSA) is 76.7 Å². The van der Waals surface area contributed by atoms with E-state index in [1.54, 1.807) is 6.08 Å². The van der Waals surface area contributed by atoms with E-state index in [4.69, 9.17) is 9.31 Å². The quantitative estimate of drug-likeness (QED) is 0.545. The second-order valence-electron chi connectivity index (χ2n) is 6.47. The molecule has 144 valence electrons. The first-order valence-corrected chi connectivity index (χ1v) is 9.22. The minimum absolute atomic E-state index is 0.351. The Labute approximate surface area is 165 Å². The first kappa shape index (κ1) is 19.9. The highest BCUT2D eigenvalue weighted by Gasteiger charge is 2.46. The van der Waals surface area contributed by atoms with Crippen molar-refractivity contribution >= 4 is 18.9 Å². The normalized spacial score (nSPS) is 18.5. The van der Waals surface area contributed by atoms with E-state index >= 15 is 0 Å². The lowest BCUT2D eigenvalue weighted by molar-refractivity contribution is -0.137. The Morgan fingerprint density at radius 1 is 0.857 bits per heavy atom. The summed E-state index contributed by atoms with van der Waals surface area (Å²) in [4.78, 5) is 25.3. The van der Waals surface area contributed by atoms with Crippen molar-refractivity contribution in [1.82, 2.24) is 10.6 Å². The zero-order chi connectivity index (χ0) is 19.8. The Morgan fingerprint density at radius 3 is 1.68 bits per heavy atom. The van der Waals surface area contributed by atoms with E-state index in [1.165, 1.54) is 0 Å². The van der Waals surface area contributed by atoms with Gasteiger partial charge in [0.05, 0.1) is 0 Å². The first-order chi connectivity index (χ1) is 13.7. The van der Waals surface area contributed by atoms with Gasteiger partial charge in [-0.15, -0.1) is 6.58 Å². The van der Waals surface area contributed by atoms with Crippen LogP contribution in [-0.2, 0) is 32.0 Å². The maximum atomic E-state index is 12.6. The summed E-state index contributed by atoms with van der Waals surface area (Å²) < 4.78 is 11.3. The van der Waals surface area contributed by atoms with Crippen LogP contribution in [0.15, 0.2) is 73.3 Å². The fraction of sp³-hybridized carbons (Fsp3) is 0.238. The van der Waals surface area contributed by atoms with Crippen LogP contribution in [0.2, 0.25) is 6.32 Å². The van der Waals surface area contributed by atoms with Gasteiger partial charge in [0.1, 0.15) is 0 Å². The van der Waals surface area contributed by atoms with Gasteiger partial charge in [-0.25, -0.2) is 0 Å². The summed E-state index contributed by atoms with van der Waals surface area (Å²) in [6.07, 6.45) is 0.00701. The number of rotatable bonds is 8. The molecule has 7 heteroatoms. The summed E-state index contributed by atoms with van der Waals surface area (Å²) in [7, 11) is -0.669. The number of benzene rings is 2. The Bertz CT molecular complexity index is 737.